The van der Waals surface area contributed by atoms with Crippen LogP contribution in [0, 0.1) is 5.41 Å². The number of likely N-dealkylation sites (N-methyl/N-ethyl adjacent to an activating group) is 1. The van der Waals surface area contributed by atoms with Crippen molar-refractivity contribution in [2.75, 3.05) is 45.2 Å². The summed E-state index contributed by atoms with van der Waals surface area (Å²) in [6, 6.07) is 11.1. The number of carbonyl (C=O) groups is 3. The minimum Gasteiger partial charge on any atom is -0.492 e. The van der Waals surface area contributed by atoms with Crippen LogP contribution in [0.25, 0.3) is 0 Å². The van der Waals surface area contributed by atoms with E-state index in [9.17, 15) is 27.6 Å². The van der Waals surface area contributed by atoms with E-state index in [1.54, 1.807) is 42.5 Å². The summed E-state index contributed by atoms with van der Waals surface area (Å²) in [4.78, 5) is 51.8. The number of rotatable bonds is 2. The summed E-state index contributed by atoms with van der Waals surface area (Å²) in [6.45, 7) is 3.12. The summed E-state index contributed by atoms with van der Waals surface area (Å²) < 4.78 is 49.2. The lowest BCUT2D eigenvalue weighted by molar-refractivity contribution is -0.154. The van der Waals surface area contributed by atoms with Gasteiger partial charge in [0.15, 0.2) is 6.61 Å². The van der Waals surface area contributed by atoms with Gasteiger partial charge in [-0.15, -0.1) is 0 Å². The van der Waals surface area contributed by atoms with Gasteiger partial charge >= 0.3 is 24.0 Å². The monoisotopic (exact) mass is 677 g/mol. The third kappa shape index (κ3) is 10.7. The maximum Gasteiger partial charge on any atom is 0.422 e. The molecule has 16 heteroatoms. The molecule has 5 heterocycles. The topological polar surface area (TPSA) is 148 Å². The molecule has 3 N–H and O–H groups in total. The fraction of sp³-hybridized carbons (Fsp3) is 0.419. The molecule has 6 bridgehead atoms. The van der Waals surface area contributed by atoms with E-state index < -0.39 is 36.0 Å². The van der Waals surface area contributed by atoms with E-state index in [0.717, 1.165) is 0 Å². The highest BCUT2D eigenvalue weighted by molar-refractivity contribution is 6.35. The second-order valence-corrected chi connectivity index (χ2v) is 12.0. The van der Waals surface area contributed by atoms with Crippen molar-refractivity contribution in [1.29, 1.82) is 0 Å². The molecule has 0 saturated heterocycles. The summed E-state index contributed by atoms with van der Waals surface area (Å²) in [6.07, 6.45) is -4.09. The van der Waals surface area contributed by atoms with Crippen LogP contribution in [-0.2, 0) is 22.6 Å². The molecule has 47 heavy (non-hydrogen) atoms. The second-order valence-electron chi connectivity index (χ2n) is 11.6. The number of nitrogens with zero attached hydrogens (tertiary/aromatic N) is 4. The number of ether oxygens (including phenoxy) is 2. The van der Waals surface area contributed by atoms with Crippen LogP contribution in [0.1, 0.15) is 47.6 Å². The average Bonchev–Trinajstić information content (AvgIpc) is 3.02. The third-order valence-corrected chi connectivity index (χ3v) is 7.23. The van der Waals surface area contributed by atoms with Crippen LogP contribution < -0.4 is 25.4 Å². The molecule has 2 aromatic carbocycles. The quantitative estimate of drug-likeness (QED) is 0.345. The van der Waals surface area contributed by atoms with Gasteiger partial charge in [-0.1, -0.05) is 43.6 Å². The van der Waals surface area contributed by atoms with Gasteiger partial charge < -0.3 is 30.3 Å². The molecule has 7 rings (SSSR count). The van der Waals surface area contributed by atoms with Gasteiger partial charge in [0.1, 0.15) is 11.6 Å². The first kappa shape index (κ1) is 35.2. The van der Waals surface area contributed by atoms with Gasteiger partial charge in [0.25, 0.3) is 5.91 Å². The summed E-state index contributed by atoms with van der Waals surface area (Å²) in [7, 11) is 1.38. The van der Waals surface area contributed by atoms with Crippen LogP contribution in [0.3, 0.4) is 0 Å². The number of alkyl halides is 3. The Bertz CT molecular complexity index is 1590. The summed E-state index contributed by atoms with van der Waals surface area (Å²) in [5, 5.41) is 8.52. The summed E-state index contributed by atoms with van der Waals surface area (Å²) in [5.74, 6) is -1.26. The predicted molar refractivity (Wildman–Crippen MR) is 166 cm³/mol. The molecule has 4 aliphatic heterocycles. The highest BCUT2D eigenvalue weighted by Crippen LogP contribution is 2.26. The van der Waals surface area contributed by atoms with Crippen molar-refractivity contribution in [1.82, 2.24) is 30.5 Å². The number of hydrogen-bond acceptors (Lipinski definition) is 9. The van der Waals surface area contributed by atoms with E-state index in [0.29, 0.717) is 33.9 Å². The number of halogens is 4. The van der Waals surface area contributed by atoms with Gasteiger partial charge in [-0.2, -0.15) is 28.1 Å². The van der Waals surface area contributed by atoms with E-state index in [4.69, 9.17) is 21.1 Å². The van der Waals surface area contributed by atoms with E-state index in [2.05, 4.69) is 30.9 Å². The highest BCUT2D eigenvalue weighted by atomic mass is 35.5. The molecule has 3 aromatic rings. The zero-order valence-corrected chi connectivity index (χ0v) is 26.8. The lowest BCUT2D eigenvalue weighted by Gasteiger charge is -2.32. The minimum absolute atomic E-state index is 0.00690. The summed E-state index contributed by atoms with van der Waals surface area (Å²) >= 11 is 6.45. The fourth-order valence-corrected chi connectivity index (χ4v) is 4.87. The van der Waals surface area contributed by atoms with Crippen molar-refractivity contribution < 1.29 is 37.0 Å². The van der Waals surface area contributed by atoms with E-state index >= 15 is 0 Å². The molecule has 0 aliphatic carbocycles. The number of anilines is 1. The fourth-order valence-electron chi connectivity index (χ4n) is 4.61. The van der Waals surface area contributed by atoms with Crippen LogP contribution in [-0.4, -0.2) is 83.6 Å². The zero-order chi connectivity index (χ0) is 34.2. The Balaban J connectivity index is 1.61. The van der Waals surface area contributed by atoms with Gasteiger partial charge in [-0.3, -0.25) is 14.4 Å². The molecule has 3 amide bonds. The molecule has 0 spiro atoms. The van der Waals surface area contributed by atoms with Gasteiger partial charge in [0.2, 0.25) is 5.95 Å². The Labute approximate surface area is 274 Å². The molecular formula is C31H35ClF3N7O5. The average molecular weight is 678 g/mol. The maximum atomic E-state index is 13.0. The molecule has 1 aromatic heterocycles. The Hall–Kier alpha value is -4.66. The van der Waals surface area contributed by atoms with Crippen molar-refractivity contribution >= 4 is 35.3 Å². The van der Waals surface area contributed by atoms with E-state index in [-0.39, 0.29) is 56.9 Å². The normalized spacial score (nSPS) is 15.9. The van der Waals surface area contributed by atoms with Gasteiger partial charge in [-0.25, -0.2) is 0 Å². The maximum absolute atomic E-state index is 13.0. The Kier molecular flexibility index (Phi) is 11.4. The van der Waals surface area contributed by atoms with Gasteiger partial charge in [0.05, 0.1) is 11.6 Å². The molecular weight excluding hydrogens is 643 g/mol. The minimum atomic E-state index is -4.59. The first-order valence-electron chi connectivity index (χ1n) is 14.7. The highest BCUT2D eigenvalue weighted by Gasteiger charge is 2.30. The number of nitrogens with one attached hydrogen (secondary N) is 3. The molecule has 0 saturated carbocycles. The number of amides is 3. The molecule has 4 aliphatic rings. The molecule has 0 fully saturated rings. The van der Waals surface area contributed by atoms with Crippen LogP contribution >= 0.6 is 11.6 Å². The van der Waals surface area contributed by atoms with Crippen LogP contribution in [0.2, 0.25) is 5.02 Å². The first-order valence-corrected chi connectivity index (χ1v) is 15.1. The smallest absolute Gasteiger partial charge is 0.422 e. The number of aromatic nitrogens is 3. The Morgan fingerprint density at radius 1 is 1.09 bits per heavy atom. The Morgan fingerprint density at radius 2 is 1.81 bits per heavy atom. The third-order valence-electron chi connectivity index (χ3n) is 6.94. The van der Waals surface area contributed by atoms with Crippen molar-refractivity contribution in [3.8, 4) is 11.8 Å². The van der Waals surface area contributed by atoms with Crippen molar-refractivity contribution in [2.45, 2.75) is 39.4 Å². The largest absolute Gasteiger partial charge is 0.492 e. The number of benzene rings is 2. The van der Waals surface area contributed by atoms with Crippen LogP contribution in [0.5, 0.6) is 11.8 Å². The van der Waals surface area contributed by atoms with Crippen molar-refractivity contribution in [2.24, 2.45) is 5.41 Å². The second kappa shape index (κ2) is 15.3. The van der Waals surface area contributed by atoms with E-state index in [1.165, 1.54) is 11.9 Å². The first-order chi connectivity index (χ1) is 22.2. The Morgan fingerprint density at radius 3 is 2.49 bits per heavy atom. The predicted octanol–water partition coefficient (Wildman–Crippen LogP) is 3.78. The standard InChI is InChI=1S/C31H35ClF3N7O5/c1-30(2)16-38-25(43)21-8-5-19(6-9-21)14-24-39-28(41-29(40-24)47-18-31(33,34)35)37-15-20-7-10-23(22(32)13-20)46-12-4-11-42(17-30)27(45)26(44)36-3/h5-10,13H,4,11-12,14-18H2,1-3H3,(H,36,44)(H,38,43)(H,37,39,40,41). The van der Waals surface area contributed by atoms with Gasteiger partial charge in [0, 0.05) is 45.2 Å². The lowest BCUT2D eigenvalue weighted by Crippen LogP contribution is -2.49. The van der Waals surface area contributed by atoms with E-state index in [1.807, 2.05) is 13.8 Å². The van der Waals surface area contributed by atoms with Gasteiger partial charge in [-0.05, 0) is 47.2 Å². The SMILES string of the molecule is CNC(=O)C(=O)N1CCCOc2ccc(cc2Cl)CNc2nc(nc(OCC(F)(F)F)n2)Cc2ccc(cc2)C(=O)NCC(C)(C)C1. The molecule has 0 atom stereocenters. The molecule has 0 unspecified atom stereocenters. The van der Waals surface area contributed by atoms with Crippen molar-refractivity contribution in [3.63, 3.8) is 0 Å². The number of carbonyl (C=O) groups excluding carboxylic acids is 3. The number of hydrogen-bond donors (Lipinski definition) is 3. The van der Waals surface area contributed by atoms with Crippen molar-refractivity contribution in [3.05, 3.63) is 70.0 Å². The lowest BCUT2D eigenvalue weighted by atomic mass is 9.92. The zero-order valence-electron chi connectivity index (χ0n) is 26.0. The summed E-state index contributed by atoms with van der Waals surface area (Å²) in [5.41, 5.74) is 1.14. The molecule has 12 nitrogen and oxygen atoms in total. The molecule has 0 radical (unpaired) electrons. The molecule has 252 valence electrons. The van der Waals surface area contributed by atoms with Crippen LogP contribution in [0.4, 0.5) is 19.1 Å². The van der Waals surface area contributed by atoms with Crippen LogP contribution in [0.15, 0.2) is 42.5 Å².